The molecule has 0 saturated heterocycles. The molecule has 0 saturated carbocycles. The van der Waals surface area contributed by atoms with Crippen LogP contribution in [0, 0.1) is 0 Å². The van der Waals surface area contributed by atoms with Crippen molar-refractivity contribution < 1.29 is 12.8 Å². The van der Waals surface area contributed by atoms with E-state index in [9.17, 15) is 8.42 Å². The number of furan rings is 1. The first-order valence-electron chi connectivity index (χ1n) is 7.03. The maximum Gasteiger partial charge on any atom is 0.150 e. The van der Waals surface area contributed by atoms with Gasteiger partial charge in [-0.25, -0.2) is 8.42 Å². The van der Waals surface area contributed by atoms with Crippen LogP contribution in [0.1, 0.15) is 38.9 Å². The highest BCUT2D eigenvalue weighted by molar-refractivity contribution is 7.91. The molecule has 0 aliphatic carbocycles. The summed E-state index contributed by atoms with van der Waals surface area (Å²) < 4.78 is 28.2. The van der Waals surface area contributed by atoms with Gasteiger partial charge in [0.1, 0.15) is 15.6 Å². The predicted molar refractivity (Wildman–Crippen MR) is 78.1 cm³/mol. The van der Waals surface area contributed by atoms with E-state index in [1.807, 2.05) is 12.1 Å². The van der Waals surface area contributed by atoms with Crippen LogP contribution in [0.5, 0.6) is 0 Å². The van der Waals surface area contributed by atoms with E-state index < -0.39 is 9.84 Å². The van der Waals surface area contributed by atoms with Gasteiger partial charge in [-0.3, -0.25) is 0 Å². The van der Waals surface area contributed by atoms with E-state index in [0.717, 1.165) is 38.0 Å². The van der Waals surface area contributed by atoms with Crippen molar-refractivity contribution in [2.24, 2.45) is 0 Å². The van der Waals surface area contributed by atoms with Gasteiger partial charge in [0.15, 0.2) is 0 Å². The molecule has 0 bridgehead atoms. The zero-order valence-electron chi connectivity index (χ0n) is 11.9. The summed E-state index contributed by atoms with van der Waals surface area (Å²) in [5, 5.41) is 3.41. The van der Waals surface area contributed by atoms with E-state index in [2.05, 4.69) is 12.2 Å². The van der Waals surface area contributed by atoms with E-state index in [1.165, 1.54) is 0 Å². The Bertz CT molecular complexity index is 426. The van der Waals surface area contributed by atoms with Crippen LogP contribution in [0.3, 0.4) is 0 Å². The summed E-state index contributed by atoms with van der Waals surface area (Å²) in [5.74, 6) is 1.53. The molecule has 1 atom stereocenters. The van der Waals surface area contributed by atoms with E-state index in [0.29, 0.717) is 11.8 Å². The zero-order valence-corrected chi connectivity index (χ0v) is 12.7. The van der Waals surface area contributed by atoms with Crippen molar-refractivity contribution in [2.45, 2.75) is 45.6 Å². The van der Waals surface area contributed by atoms with Gasteiger partial charge in [-0.15, -0.1) is 0 Å². The van der Waals surface area contributed by atoms with Gasteiger partial charge in [-0.05, 0) is 37.9 Å². The maximum atomic E-state index is 11.4. The van der Waals surface area contributed by atoms with E-state index in [1.54, 1.807) is 13.2 Å². The Balaban J connectivity index is 2.31. The summed E-state index contributed by atoms with van der Waals surface area (Å²) in [6, 6.07) is 4.23. The van der Waals surface area contributed by atoms with Crippen LogP contribution in [-0.2, 0) is 16.3 Å². The minimum atomic E-state index is -2.83. The summed E-state index contributed by atoms with van der Waals surface area (Å²) >= 11 is 0. The third-order valence-corrected chi connectivity index (χ3v) is 5.05. The van der Waals surface area contributed by atoms with Gasteiger partial charge in [-0.1, -0.05) is 13.8 Å². The largest absolute Gasteiger partial charge is 0.469 e. The Kier molecular flexibility index (Phi) is 7.16. The molecule has 4 nitrogen and oxygen atoms in total. The molecular formula is C14H25NO3S. The van der Waals surface area contributed by atoms with Crippen LogP contribution in [0.4, 0.5) is 0 Å². The zero-order chi connectivity index (χ0) is 14.1. The highest BCUT2D eigenvalue weighted by Gasteiger charge is 2.12. The fourth-order valence-electron chi connectivity index (χ4n) is 2.10. The van der Waals surface area contributed by atoms with Crippen molar-refractivity contribution in [3.05, 3.63) is 24.2 Å². The lowest BCUT2D eigenvalue weighted by molar-refractivity contribution is 0.429. The minimum Gasteiger partial charge on any atom is -0.469 e. The Hall–Kier alpha value is -0.810. The molecule has 1 unspecified atom stereocenters. The molecule has 0 aromatic carbocycles. The standard InChI is InChI=1S/C14H25NO3S/c1-3-15-13(7-6-12-19(16,17)4-2)9-10-14-8-5-11-18-14/h5,8,11,13,15H,3-4,6-7,9-10,12H2,1-2H3. The summed E-state index contributed by atoms with van der Waals surface area (Å²) in [6.07, 6.45) is 5.18. The number of sulfone groups is 1. The number of aryl methyl sites for hydroxylation is 1. The summed E-state index contributed by atoms with van der Waals surface area (Å²) in [6.45, 7) is 4.68. The Morgan fingerprint density at radius 2 is 2.11 bits per heavy atom. The van der Waals surface area contributed by atoms with E-state index in [-0.39, 0.29) is 5.75 Å². The number of hydrogen-bond donors (Lipinski definition) is 1. The van der Waals surface area contributed by atoms with Gasteiger partial charge in [0.05, 0.1) is 12.0 Å². The lowest BCUT2D eigenvalue weighted by Crippen LogP contribution is -2.30. The van der Waals surface area contributed by atoms with Crippen LogP contribution < -0.4 is 5.32 Å². The van der Waals surface area contributed by atoms with Gasteiger partial charge in [0.2, 0.25) is 0 Å². The Morgan fingerprint density at radius 3 is 2.68 bits per heavy atom. The molecular weight excluding hydrogens is 262 g/mol. The van der Waals surface area contributed by atoms with E-state index >= 15 is 0 Å². The fraction of sp³-hybridized carbons (Fsp3) is 0.714. The molecule has 0 aliphatic rings. The lowest BCUT2D eigenvalue weighted by atomic mass is 10.1. The normalized spacial score (nSPS) is 13.6. The molecule has 110 valence electrons. The van der Waals surface area contributed by atoms with E-state index in [4.69, 9.17) is 4.42 Å². The highest BCUT2D eigenvalue weighted by atomic mass is 32.2. The molecule has 1 aromatic rings. The third kappa shape index (κ3) is 6.78. The average Bonchev–Trinajstić information content (AvgIpc) is 2.89. The summed E-state index contributed by atoms with van der Waals surface area (Å²) in [4.78, 5) is 0. The molecule has 0 spiro atoms. The van der Waals surface area contributed by atoms with Crippen LogP contribution in [0.2, 0.25) is 0 Å². The topological polar surface area (TPSA) is 59.3 Å². The third-order valence-electron chi connectivity index (χ3n) is 3.26. The average molecular weight is 287 g/mol. The van der Waals surface area contributed by atoms with Crippen LogP contribution in [0.15, 0.2) is 22.8 Å². The summed E-state index contributed by atoms with van der Waals surface area (Å²) in [5.41, 5.74) is 0. The molecule has 19 heavy (non-hydrogen) atoms. The number of hydrogen-bond acceptors (Lipinski definition) is 4. The highest BCUT2D eigenvalue weighted by Crippen LogP contribution is 2.10. The minimum absolute atomic E-state index is 0.241. The second-order valence-electron chi connectivity index (χ2n) is 4.75. The molecule has 0 radical (unpaired) electrons. The monoisotopic (exact) mass is 287 g/mol. The van der Waals surface area contributed by atoms with Gasteiger partial charge < -0.3 is 9.73 Å². The molecule has 0 fully saturated rings. The smallest absolute Gasteiger partial charge is 0.150 e. The molecule has 1 rings (SSSR count). The first-order valence-corrected chi connectivity index (χ1v) is 8.85. The van der Waals surface area contributed by atoms with Gasteiger partial charge >= 0.3 is 0 Å². The molecule has 0 amide bonds. The number of nitrogens with one attached hydrogen (secondary N) is 1. The predicted octanol–water partition coefficient (Wildman–Crippen LogP) is 2.41. The fourth-order valence-corrected chi connectivity index (χ4v) is 3.00. The lowest BCUT2D eigenvalue weighted by Gasteiger charge is -2.17. The molecule has 1 aromatic heterocycles. The Morgan fingerprint density at radius 1 is 1.32 bits per heavy atom. The van der Waals surface area contributed by atoms with Crippen LogP contribution in [0.25, 0.3) is 0 Å². The SMILES string of the molecule is CCNC(CCCS(=O)(=O)CC)CCc1ccco1. The quantitative estimate of drug-likeness (QED) is 0.718. The second kappa shape index (κ2) is 8.38. The molecule has 1 N–H and O–H groups in total. The number of rotatable bonds is 10. The second-order valence-corrected chi connectivity index (χ2v) is 7.22. The van der Waals surface area contributed by atoms with Crippen molar-refractivity contribution in [3.63, 3.8) is 0 Å². The van der Waals surface area contributed by atoms with Crippen molar-refractivity contribution in [1.29, 1.82) is 0 Å². The van der Waals surface area contributed by atoms with Crippen molar-refractivity contribution >= 4 is 9.84 Å². The maximum absolute atomic E-state index is 11.4. The van der Waals surface area contributed by atoms with Crippen LogP contribution in [-0.4, -0.2) is 32.5 Å². The Labute approximate surface area is 116 Å². The first-order chi connectivity index (χ1) is 9.07. The molecule has 0 aliphatic heterocycles. The van der Waals surface area contributed by atoms with Gasteiger partial charge in [-0.2, -0.15) is 0 Å². The molecule has 1 heterocycles. The van der Waals surface area contributed by atoms with Crippen molar-refractivity contribution in [3.8, 4) is 0 Å². The van der Waals surface area contributed by atoms with Crippen molar-refractivity contribution in [1.82, 2.24) is 5.32 Å². The first kappa shape index (κ1) is 16.2. The van der Waals surface area contributed by atoms with Gasteiger partial charge in [0.25, 0.3) is 0 Å². The molecule has 5 heteroatoms. The van der Waals surface area contributed by atoms with Crippen molar-refractivity contribution in [2.75, 3.05) is 18.1 Å². The van der Waals surface area contributed by atoms with Gasteiger partial charge in [0, 0.05) is 18.2 Å². The van der Waals surface area contributed by atoms with Crippen LogP contribution >= 0.6 is 0 Å². The summed E-state index contributed by atoms with van der Waals surface area (Å²) in [7, 11) is -2.83.